The van der Waals surface area contributed by atoms with E-state index in [1.165, 1.54) is 0 Å². The number of carbonyl (C=O) groups excluding carboxylic acids is 1. The summed E-state index contributed by atoms with van der Waals surface area (Å²) in [5.41, 5.74) is 8.63. The van der Waals surface area contributed by atoms with Crippen LogP contribution in [0.25, 0.3) is 0 Å². The molecule has 7 heteroatoms. The summed E-state index contributed by atoms with van der Waals surface area (Å²) in [7, 11) is -3.29. The Kier molecular flexibility index (Phi) is 5.42. The smallest absolute Gasteiger partial charge is 0.235 e. The number of nitrogen functional groups attached to an aromatic ring is 1. The van der Waals surface area contributed by atoms with Crippen LogP contribution in [-0.4, -0.2) is 26.3 Å². The van der Waals surface area contributed by atoms with Crippen molar-refractivity contribution < 1.29 is 13.2 Å². The maximum atomic E-state index is 11.7. The summed E-state index contributed by atoms with van der Waals surface area (Å²) in [5, 5.41) is 2.79. The van der Waals surface area contributed by atoms with Gasteiger partial charge in [-0.05, 0) is 42.5 Å². The molecule has 20 heavy (non-hydrogen) atoms. The van der Waals surface area contributed by atoms with Crippen molar-refractivity contribution in [3.8, 4) is 0 Å². The molecule has 0 saturated heterocycles. The Bertz CT molecular complexity index is 602. The normalized spacial score (nSPS) is 17.8. The van der Waals surface area contributed by atoms with E-state index in [0.29, 0.717) is 5.69 Å². The molecule has 0 radical (unpaired) electrons. The van der Waals surface area contributed by atoms with Crippen molar-refractivity contribution in [2.75, 3.05) is 17.7 Å². The van der Waals surface area contributed by atoms with Gasteiger partial charge in [-0.2, -0.15) is 0 Å². The largest absolute Gasteiger partial charge is 0.399 e. The molecule has 0 aromatic heterocycles. The Labute approximate surface area is 125 Å². The predicted octanol–water partition coefficient (Wildman–Crippen LogP) is 1.23. The zero-order valence-corrected chi connectivity index (χ0v) is 12.9. The zero-order chi connectivity index (χ0) is 14.0. The highest BCUT2D eigenvalue weighted by atomic mass is 35.5. The highest BCUT2D eigenvalue weighted by Crippen LogP contribution is 2.30. The summed E-state index contributed by atoms with van der Waals surface area (Å²) in [5.74, 6) is -0.912. The number of aryl methyl sites for hydroxylation is 1. The van der Waals surface area contributed by atoms with Crippen molar-refractivity contribution in [2.24, 2.45) is 0 Å². The van der Waals surface area contributed by atoms with E-state index < -0.39 is 21.5 Å². The van der Waals surface area contributed by atoms with Gasteiger partial charge in [0.25, 0.3) is 0 Å². The number of amides is 1. The minimum absolute atomic E-state index is 0. The number of hydrogen-bond acceptors (Lipinski definition) is 4. The summed E-state index contributed by atoms with van der Waals surface area (Å²) in [6, 6.07) is 5.53. The third kappa shape index (κ3) is 4.38. The molecule has 1 atom stereocenters. The Morgan fingerprint density at radius 1 is 1.45 bits per heavy atom. The van der Waals surface area contributed by atoms with Crippen LogP contribution in [0.2, 0.25) is 0 Å². The molecule has 0 aliphatic heterocycles. The molecule has 1 aliphatic carbocycles. The van der Waals surface area contributed by atoms with Crippen LogP contribution in [0.1, 0.15) is 30.0 Å². The Morgan fingerprint density at radius 3 is 2.80 bits per heavy atom. The fraction of sp³-hybridized carbons (Fsp3) is 0.462. The number of benzene rings is 1. The number of sulfone groups is 1. The van der Waals surface area contributed by atoms with Gasteiger partial charge >= 0.3 is 0 Å². The van der Waals surface area contributed by atoms with Crippen LogP contribution >= 0.6 is 12.4 Å². The maximum Gasteiger partial charge on any atom is 0.235 e. The van der Waals surface area contributed by atoms with Crippen LogP contribution in [-0.2, 0) is 21.1 Å². The van der Waals surface area contributed by atoms with Crippen molar-refractivity contribution in [1.82, 2.24) is 5.32 Å². The van der Waals surface area contributed by atoms with Gasteiger partial charge in [0.05, 0.1) is 6.04 Å². The molecule has 0 fully saturated rings. The number of halogens is 1. The van der Waals surface area contributed by atoms with Crippen LogP contribution in [0.4, 0.5) is 5.69 Å². The lowest BCUT2D eigenvalue weighted by Gasteiger charge is -2.26. The third-order valence-corrected chi connectivity index (χ3v) is 4.00. The van der Waals surface area contributed by atoms with E-state index in [1.54, 1.807) is 6.07 Å². The molecule has 112 valence electrons. The van der Waals surface area contributed by atoms with Gasteiger partial charge in [-0.3, -0.25) is 4.79 Å². The van der Waals surface area contributed by atoms with Crippen molar-refractivity contribution in [2.45, 2.75) is 25.3 Å². The van der Waals surface area contributed by atoms with Gasteiger partial charge in [-0.25, -0.2) is 8.42 Å². The highest BCUT2D eigenvalue weighted by molar-refractivity contribution is 7.91. The number of fused-ring (bicyclic) bond motifs is 1. The molecule has 1 aromatic rings. The number of carbonyl (C=O) groups is 1. The standard InChI is InChI=1S/C13H18N2O3S.ClH/c1-19(17,18)8-13(16)15-12-4-2-3-9-7-10(14)5-6-11(9)12;/h5-7,12H,2-4,8,14H2,1H3,(H,15,16);1H. The molecule has 5 nitrogen and oxygen atoms in total. The van der Waals surface area contributed by atoms with E-state index in [0.717, 1.165) is 36.6 Å². The van der Waals surface area contributed by atoms with Gasteiger partial charge in [-0.1, -0.05) is 6.07 Å². The summed E-state index contributed by atoms with van der Waals surface area (Å²) < 4.78 is 22.2. The lowest BCUT2D eigenvalue weighted by molar-refractivity contribution is -0.119. The molecule has 0 saturated carbocycles. The Balaban J connectivity index is 0.00000200. The van der Waals surface area contributed by atoms with Gasteiger partial charge in [0.2, 0.25) is 5.91 Å². The van der Waals surface area contributed by atoms with Crippen molar-refractivity contribution in [3.05, 3.63) is 29.3 Å². The van der Waals surface area contributed by atoms with E-state index in [2.05, 4.69) is 5.32 Å². The molecule has 1 amide bonds. The molecule has 2 rings (SSSR count). The molecule has 0 spiro atoms. The number of anilines is 1. The van der Waals surface area contributed by atoms with E-state index in [-0.39, 0.29) is 18.4 Å². The van der Waals surface area contributed by atoms with Gasteiger partial charge < -0.3 is 11.1 Å². The topological polar surface area (TPSA) is 89.3 Å². The highest BCUT2D eigenvalue weighted by Gasteiger charge is 2.23. The fourth-order valence-electron chi connectivity index (χ4n) is 2.46. The van der Waals surface area contributed by atoms with Crippen molar-refractivity contribution in [3.63, 3.8) is 0 Å². The van der Waals surface area contributed by atoms with Crippen LogP contribution in [0.15, 0.2) is 18.2 Å². The average molecular weight is 319 g/mol. The first kappa shape index (κ1) is 16.8. The number of nitrogens with two attached hydrogens (primary N) is 1. The Hall–Kier alpha value is -1.27. The van der Waals surface area contributed by atoms with Gasteiger partial charge in [-0.15, -0.1) is 12.4 Å². The first-order valence-electron chi connectivity index (χ1n) is 6.20. The molecule has 0 heterocycles. The molecule has 1 aromatic carbocycles. The molecule has 1 aliphatic rings. The summed E-state index contributed by atoms with van der Waals surface area (Å²) in [6.45, 7) is 0. The van der Waals surface area contributed by atoms with Crippen molar-refractivity contribution in [1.29, 1.82) is 0 Å². The van der Waals surface area contributed by atoms with Crippen LogP contribution in [0.5, 0.6) is 0 Å². The molecule has 3 N–H and O–H groups in total. The first-order valence-corrected chi connectivity index (χ1v) is 8.26. The minimum atomic E-state index is -3.29. The van der Waals surface area contributed by atoms with E-state index in [4.69, 9.17) is 5.73 Å². The zero-order valence-electron chi connectivity index (χ0n) is 11.3. The molecular weight excluding hydrogens is 300 g/mol. The lowest BCUT2D eigenvalue weighted by atomic mass is 9.87. The second-order valence-corrected chi connectivity index (χ2v) is 7.18. The maximum absolute atomic E-state index is 11.7. The number of rotatable bonds is 3. The van der Waals surface area contributed by atoms with Crippen molar-refractivity contribution >= 4 is 33.8 Å². The van der Waals surface area contributed by atoms with E-state index >= 15 is 0 Å². The fourth-order valence-corrected chi connectivity index (χ4v) is 3.02. The minimum Gasteiger partial charge on any atom is -0.399 e. The first-order chi connectivity index (χ1) is 8.85. The number of nitrogens with one attached hydrogen (secondary N) is 1. The summed E-state index contributed by atoms with van der Waals surface area (Å²) in [6.07, 6.45) is 3.79. The van der Waals surface area contributed by atoms with Gasteiger partial charge in [0.1, 0.15) is 5.75 Å². The summed E-state index contributed by atoms with van der Waals surface area (Å²) >= 11 is 0. The third-order valence-electron chi connectivity index (χ3n) is 3.21. The SMILES string of the molecule is CS(=O)(=O)CC(=O)NC1CCCc2cc(N)ccc21.Cl. The monoisotopic (exact) mass is 318 g/mol. The quantitative estimate of drug-likeness (QED) is 0.820. The van der Waals surface area contributed by atoms with Crippen LogP contribution < -0.4 is 11.1 Å². The Morgan fingerprint density at radius 2 is 2.15 bits per heavy atom. The predicted molar refractivity (Wildman–Crippen MR) is 81.6 cm³/mol. The van der Waals surface area contributed by atoms with Gasteiger partial charge in [0, 0.05) is 11.9 Å². The lowest BCUT2D eigenvalue weighted by Crippen LogP contribution is -2.34. The molecular formula is C13H19ClN2O3S. The van der Waals surface area contributed by atoms with Crippen LogP contribution in [0.3, 0.4) is 0 Å². The second kappa shape index (κ2) is 6.45. The van der Waals surface area contributed by atoms with Crippen LogP contribution in [0, 0.1) is 0 Å². The van der Waals surface area contributed by atoms with E-state index in [1.807, 2.05) is 12.1 Å². The van der Waals surface area contributed by atoms with Gasteiger partial charge in [0.15, 0.2) is 9.84 Å². The van der Waals surface area contributed by atoms with E-state index in [9.17, 15) is 13.2 Å². The average Bonchev–Trinajstić information content (AvgIpc) is 2.26. The second-order valence-electron chi connectivity index (χ2n) is 5.04. The molecule has 1 unspecified atom stereocenters. The summed E-state index contributed by atoms with van der Waals surface area (Å²) in [4.78, 5) is 11.7. The molecule has 0 bridgehead atoms. The number of hydrogen-bond donors (Lipinski definition) is 2.